The Labute approximate surface area is 142 Å². The Morgan fingerprint density at radius 2 is 2.00 bits per heavy atom. The fourth-order valence-corrected chi connectivity index (χ4v) is 3.05. The molecule has 1 saturated heterocycles. The van der Waals surface area contributed by atoms with E-state index in [0.717, 1.165) is 37.3 Å². The highest BCUT2D eigenvalue weighted by Crippen LogP contribution is 2.28. The number of hydrogen-bond donors (Lipinski definition) is 1. The lowest BCUT2D eigenvalue weighted by Gasteiger charge is -2.42. The first-order valence-corrected chi connectivity index (χ1v) is 7.71. The minimum absolute atomic E-state index is 0. The molecule has 1 aliphatic rings. The van der Waals surface area contributed by atoms with Gasteiger partial charge in [-0.05, 0) is 36.1 Å². The Bertz CT molecular complexity index is 638. The molecule has 4 nitrogen and oxygen atoms in total. The van der Waals surface area contributed by atoms with Crippen LogP contribution < -0.4 is 5.73 Å². The first-order chi connectivity index (χ1) is 10.4. The Balaban J connectivity index is 0.00000192. The Morgan fingerprint density at radius 3 is 2.65 bits per heavy atom. The minimum Gasteiger partial charge on any atom is -0.327 e. The van der Waals surface area contributed by atoms with E-state index in [2.05, 4.69) is 23.8 Å². The summed E-state index contributed by atoms with van der Waals surface area (Å²) in [5, 5.41) is 4.38. The van der Waals surface area contributed by atoms with Gasteiger partial charge in [-0.2, -0.15) is 5.10 Å². The molecular weight excluding hydrogens is 315 g/mol. The maximum atomic E-state index is 13.0. The van der Waals surface area contributed by atoms with Crippen LogP contribution in [0.3, 0.4) is 0 Å². The maximum absolute atomic E-state index is 13.0. The summed E-state index contributed by atoms with van der Waals surface area (Å²) in [7, 11) is 0. The molecule has 2 heterocycles. The number of nitrogens with zero attached hydrogens (tertiary/aromatic N) is 3. The van der Waals surface area contributed by atoms with E-state index in [1.54, 1.807) is 16.8 Å². The molecule has 0 spiro atoms. The van der Waals surface area contributed by atoms with Crippen molar-refractivity contribution in [2.75, 3.05) is 13.1 Å². The Hall–Kier alpha value is -1.43. The topological polar surface area (TPSA) is 47.1 Å². The molecule has 0 aliphatic carbocycles. The molecule has 2 N–H and O–H groups in total. The van der Waals surface area contributed by atoms with Gasteiger partial charge in [0, 0.05) is 37.4 Å². The van der Waals surface area contributed by atoms with E-state index in [1.165, 1.54) is 12.1 Å². The van der Waals surface area contributed by atoms with Crippen LogP contribution in [0.5, 0.6) is 0 Å². The van der Waals surface area contributed by atoms with Crippen molar-refractivity contribution in [1.82, 2.24) is 14.7 Å². The van der Waals surface area contributed by atoms with Gasteiger partial charge in [-0.25, -0.2) is 9.07 Å². The van der Waals surface area contributed by atoms with Crippen LogP contribution in [-0.4, -0.2) is 33.8 Å². The number of nitrogens with two attached hydrogens (primary N) is 1. The second kappa shape index (κ2) is 6.99. The molecule has 2 aromatic rings. The Kier molecular flexibility index (Phi) is 5.45. The lowest BCUT2D eigenvalue weighted by Crippen LogP contribution is -2.51. The summed E-state index contributed by atoms with van der Waals surface area (Å²) in [4.78, 5) is 2.43. The minimum atomic E-state index is -0.233. The molecule has 1 aliphatic heterocycles. The molecule has 0 radical (unpaired) electrons. The summed E-state index contributed by atoms with van der Waals surface area (Å²) in [5.41, 5.74) is 8.36. The smallest absolute Gasteiger partial charge is 0.123 e. The average molecular weight is 339 g/mol. The molecule has 3 rings (SSSR count). The molecule has 126 valence electrons. The molecule has 0 saturated carbocycles. The fraction of sp³-hybridized carbons (Fsp3) is 0.471. The monoisotopic (exact) mass is 338 g/mol. The third-order valence-electron chi connectivity index (χ3n) is 4.52. The van der Waals surface area contributed by atoms with Crippen LogP contribution in [0.1, 0.15) is 25.8 Å². The number of halogens is 2. The van der Waals surface area contributed by atoms with Crippen molar-refractivity contribution in [1.29, 1.82) is 0 Å². The van der Waals surface area contributed by atoms with Crippen LogP contribution in [0.4, 0.5) is 4.39 Å². The first kappa shape index (κ1) is 17.9. The molecular formula is C17H24ClFN4. The zero-order valence-corrected chi connectivity index (χ0v) is 14.4. The SMILES string of the molecule is CC1(C)CN(Cc2cnn(-c3ccc(F)cc3)c2)CCC1N.Cl. The predicted octanol–water partition coefficient (Wildman–Crippen LogP) is 2.99. The van der Waals surface area contributed by atoms with Crippen LogP contribution >= 0.6 is 12.4 Å². The predicted molar refractivity (Wildman–Crippen MR) is 92.4 cm³/mol. The number of likely N-dealkylation sites (tertiary alicyclic amines) is 1. The summed E-state index contributed by atoms with van der Waals surface area (Å²) in [6.07, 6.45) is 4.92. The summed E-state index contributed by atoms with van der Waals surface area (Å²) in [6, 6.07) is 6.63. The maximum Gasteiger partial charge on any atom is 0.123 e. The summed E-state index contributed by atoms with van der Waals surface area (Å²) in [6.45, 7) is 7.34. The van der Waals surface area contributed by atoms with E-state index < -0.39 is 0 Å². The highest BCUT2D eigenvalue weighted by atomic mass is 35.5. The number of rotatable bonds is 3. The summed E-state index contributed by atoms with van der Waals surface area (Å²) >= 11 is 0. The van der Waals surface area contributed by atoms with E-state index in [9.17, 15) is 4.39 Å². The van der Waals surface area contributed by atoms with Crippen molar-refractivity contribution in [3.05, 3.63) is 48.0 Å². The van der Waals surface area contributed by atoms with Crippen molar-refractivity contribution in [3.8, 4) is 5.69 Å². The third-order valence-corrected chi connectivity index (χ3v) is 4.52. The molecule has 1 atom stereocenters. The van der Waals surface area contributed by atoms with Crippen molar-refractivity contribution in [2.24, 2.45) is 11.1 Å². The van der Waals surface area contributed by atoms with Gasteiger partial charge in [-0.1, -0.05) is 13.8 Å². The van der Waals surface area contributed by atoms with Crippen LogP contribution in [-0.2, 0) is 6.54 Å². The van der Waals surface area contributed by atoms with Gasteiger partial charge in [0.05, 0.1) is 11.9 Å². The van der Waals surface area contributed by atoms with Gasteiger partial charge in [0.1, 0.15) is 5.82 Å². The molecule has 1 aromatic carbocycles. The van der Waals surface area contributed by atoms with Gasteiger partial charge in [0.25, 0.3) is 0 Å². The summed E-state index contributed by atoms with van der Waals surface area (Å²) < 4.78 is 14.8. The van der Waals surface area contributed by atoms with E-state index in [4.69, 9.17) is 5.73 Å². The van der Waals surface area contributed by atoms with Gasteiger partial charge in [0.2, 0.25) is 0 Å². The van der Waals surface area contributed by atoms with Gasteiger partial charge < -0.3 is 5.73 Å². The molecule has 1 unspecified atom stereocenters. The first-order valence-electron chi connectivity index (χ1n) is 7.71. The third kappa shape index (κ3) is 4.10. The molecule has 6 heteroatoms. The highest BCUT2D eigenvalue weighted by molar-refractivity contribution is 5.85. The van der Waals surface area contributed by atoms with Gasteiger partial charge in [0.15, 0.2) is 0 Å². The number of aromatic nitrogens is 2. The van der Waals surface area contributed by atoms with Crippen LogP contribution in [0.25, 0.3) is 5.69 Å². The standard InChI is InChI=1S/C17H23FN4.ClH/c1-17(2)12-21(8-7-16(17)19)10-13-9-20-22(11-13)15-5-3-14(18)4-6-15;/h3-6,9,11,16H,7-8,10,12,19H2,1-2H3;1H. The molecule has 0 amide bonds. The molecule has 1 aromatic heterocycles. The summed E-state index contributed by atoms with van der Waals surface area (Å²) in [5.74, 6) is -0.233. The lowest BCUT2D eigenvalue weighted by atomic mass is 9.79. The number of hydrogen-bond acceptors (Lipinski definition) is 3. The molecule has 0 bridgehead atoms. The van der Waals surface area contributed by atoms with E-state index >= 15 is 0 Å². The lowest BCUT2D eigenvalue weighted by molar-refractivity contribution is 0.0899. The number of benzene rings is 1. The van der Waals surface area contributed by atoms with Crippen LogP contribution in [0.15, 0.2) is 36.7 Å². The van der Waals surface area contributed by atoms with E-state index in [-0.39, 0.29) is 29.7 Å². The van der Waals surface area contributed by atoms with Crippen LogP contribution in [0.2, 0.25) is 0 Å². The second-order valence-corrected chi connectivity index (χ2v) is 6.86. The highest BCUT2D eigenvalue weighted by Gasteiger charge is 2.33. The van der Waals surface area contributed by atoms with Crippen molar-refractivity contribution >= 4 is 12.4 Å². The molecule has 1 fully saturated rings. The van der Waals surface area contributed by atoms with Gasteiger partial charge in [-0.3, -0.25) is 4.90 Å². The van der Waals surface area contributed by atoms with Gasteiger partial charge >= 0.3 is 0 Å². The van der Waals surface area contributed by atoms with E-state index in [0.29, 0.717) is 0 Å². The van der Waals surface area contributed by atoms with Crippen molar-refractivity contribution in [2.45, 2.75) is 32.9 Å². The zero-order chi connectivity index (χ0) is 15.7. The second-order valence-electron chi connectivity index (χ2n) is 6.86. The quantitative estimate of drug-likeness (QED) is 0.935. The van der Waals surface area contributed by atoms with Crippen molar-refractivity contribution in [3.63, 3.8) is 0 Å². The zero-order valence-electron chi connectivity index (χ0n) is 13.6. The van der Waals surface area contributed by atoms with Crippen LogP contribution in [0, 0.1) is 11.2 Å². The normalized spacial score (nSPS) is 21.0. The Morgan fingerprint density at radius 1 is 1.30 bits per heavy atom. The van der Waals surface area contributed by atoms with Crippen molar-refractivity contribution < 1.29 is 4.39 Å². The average Bonchev–Trinajstić information content (AvgIpc) is 2.92. The largest absolute Gasteiger partial charge is 0.327 e. The van der Waals surface area contributed by atoms with E-state index in [1.807, 2.05) is 12.4 Å². The fourth-order valence-electron chi connectivity index (χ4n) is 3.05. The molecule has 23 heavy (non-hydrogen) atoms. The van der Waals surface area contributed by atoms with Gasteiger partial charge in [-0.15, -0.1) is 12.4 Å². The number of piperidine rings is 1.